The number of carbonyl (C=O) groups is 3. The second-order valence-corrected chi connectivity index (χ2v) is 10.5. The summed E-state index contributed by atoms with van der Waals surface area (Å²) in [4.78, 5) is 40.8. The van der Waals surface area contributed by atoms with E-state index in [0.717, 1.165) is 42.2 Å². The van der Waals surface area contributed by atoms with Gasteiger partial charge in [0.25, 0.3) is 11.1 Å². The maximum absolute atomic E-state index is 12.8. The fourth-order valence-electron chi connectivity index (χ4n) is 3.20. The van der Waals surface area contributed by atoms with Crippen molar-refractivity contribution >= 4 is 80.1 Å². The molecule has 0 N–H and O–H groups in total. The van der Waals surface area contributed by atoms with E-state index in [1.165, 1.54) is 0 Å². The number of carbonyl (C=O) groups excluding carboxylic acids is 3. The maximum atomic E-state index is 12.8. The molecule has 0 spiro atoms. The van der Waals surface area contributed by atoms with Crippen LogP contribution in [0.2, 0.25) is 0 Å². The number of amides is 3. The van der Waals surface area contributed by atoms with Crippen LogP contribution in [-0.2, 0) is 9.59 Å². The second kappa shape index (κ2) is 10.4. The molecule has 2 saturated heterocycles. The SMILES string of the molecule is C#CCOc1c(I)cc(/C=C2\SC(=O)N(CC(=O)N3CCC(C)CC3)C2=O)cc1I. The second-order valence-electron chi connectivity index (χ2n) is 7.14. The minimum Gasteiger partial charge on any atom is -0.479 e. The van der Waals surface area contributed by atoms with Crippen molar-refractivity contribution in [2.75, 3.05) is 26.2 Å². The molecule has 3 rings (SSSR count). The zero-order valence-corrected chi connectivity index (χ0v) is 21.5. The number of nitrogens with zero attached hydrogens (tertiary/aromatic N) is 2. The molecule has 0 atom stereocenters. The molecule has 9 heteroatoms. The first-order chi connectivity index (χ1) is 14.3. The van der Waals surface area contributed by atoms with Crippen LogP contribution in [-0.4, -0.2) is 53.1 Å². The third-order valence-corrected chi connectivity index (χ3v) is 7.43. The third-order valence-electron chi connectivity index (χ3n) is 4.92. The van der Waals surface area contributed by atoms with E-state index in [9.17, 15) is 14.4 Å². The highest BCUT2D eigenvalue weighted by Gasteiger charge is 2.37. The van der Waals surface area contributed by atoms with E-state index in [4.69, 9.17) is 11.2 Å². The highest BCUT2D eigenvalue weighted by atomic mass is 127. The number of thioether (sulfide) groups is 1. The van der Waals surface area contributed by atoms with Gasteiger partial charge in [0.2, 0.25) is 5.91 Å². The molecule has 0 unspecified atom stereocenters. The standard InChI is InChI=1S/C21H20I2N2O4S/c1-3-8-29-19-15(22)9-14(10-16(19)23)11-17-20(27)25(21(28)30-17)12-18(26)24-6-4-13(2)5-7-24/h1,9-11,13H,4-8,12H2,2H3/b17-11-. The zero-order chi connectivity index (χ0) is 21.8. The molecule has 0 bridgehead atoms. The van der Waals surface area contributed by atoms with E-state index in [1.807, 2.05) is 12.1 Å². The Bertz CT molecular complexity index is 926. The Morgan fingerprint density at radius 3 is 2.53 bits per heavy atom. The molecule has 3 amide bonds. The van der Waals surface area contributed by atoms with Crippen molar-refractivity contribution in [2.45, 2.75) is 19.8 Å². The first-order valence-electron chi connectivity index (χ1n) is 9.38. The maximum Gasteiger partial charge on any atom is 0.294 e. The molecule has 158 valence electrons. The lowest BCUT2D eigenvalue weighted by Crippen LogP contribution is -2.45. The summed E-state index contributed by atoms with van der Waals surface area (Å²) in [7, 11) is 0. The molecule has 2 aliphatic heterocycles. The van der Waals surface area contributed by atoms with Crippen LogP contribution in [0.5, 0.6) is 5.75 Å². The Labute approximate surface area is 207 Å². The lowest BCUT2D eigenvalue weighted by molar-refractivity contribution is -0.136. The average molecular weight is 650 g/mol. The van der Waals surface area contributed by atoms with Crippen molar-refractivity contribution in [1.29, 1.82) is 0 Å². The van der Waals surface area contributed by atoms with Crippen molar-refractivity contribution in [3.05, 3.63) is 29.7 Å². The first kappa shape index (κ1) is 23.4. The van der Waals surface area contributed by atoms with Gasteiger partial charge in [0.05, 0.1) is 12.0 Å². The predicted molar refractivity (Wildman–Crippen MR) is 134 cm³/mol. The summed E-state index contributed by atoms with van der Waals surface area (Å²) >= 11 is 5.15. The molecule has 2 fully saturated rings. The summed E-state index contributed by atoms with van der Waals surface area (Å²) in [5, 5.41) is -0.414. The van der Waals surface area contributed by atoms with Gasteiger partial charge in [0, 0.05) is 13.1 Å². The van der Waals surface area contributed by atoms with Gasteiger partial charge in [-0.3, -0.25) is 19.3 Å². The predicted octanol–water partition coefficient (Wildman–Crippen LogP) is 4.20. The lowest BCUT2D eigenvalue weighted by Gasteiger charge is -2.31. The van der Waals surface area contributed by atoms with E-state index in [2.05, 4.69) is 58.0 Å². The summed E-state index contributed by atoms with van der Waals surface area (Å²) in [6, 6.07) is 3.73. The van der Waals surface area contributed by atoms with Gasteiger partial charge in [-0.1, -0.05) is 12.8 Å². The highest BCUT2D eigenvalue weighted by molar-refractivity contribution is 14.1. The number of imide groups is 1. The molecule has 0 aromatic heterocycles. The van der Waals surface area contributed by atoms with Gasteiger partial charge >= 0.3 is 0 Å². The molecule has 0 aliphatic carbocycles. The van der Waals surface area contributed by atoms with Gasteiger partial charge in [0.15, 0.2) is 0 Å². The van der Waals surface area contributed by atoms with Crippen LogP contribution in [0.3, 0.4) is 0 Å². The van der Waals surface area contributed by atoms with Crippen LogP contribution < -0.4 is 4.74 Å². The van der Waals surface area contributed by atoms with Crippen molar-refractivity contribution in [2.24, 2.45) is 5.92 Å². The number of halogens is 2. The van der Waals surface area contributed by atoms with Crippen LogP contribution in [0.15, 0.2) is 17.0 Å². The molecule has 0 radical (unpaired) electrons. The van der Waals surface area contributed by atoms with Crippen molar-refractivity contribution in [3.8, 4) is 18.1 Å². The minimum absolute atomic E-state index is 0.175. The van der Waals surface area contributed by atoms with Gasteiger partial charge in [-0.05, 0) is 99.5 Å². The number of hydrogen-bond acceptors (Lipinski definition) is 5. The molecule has 2 aliphatic rings. The molecule has 1 aromatic carbocycles. The minimum atomic E-state index is -0.429. The quantitative estimate of drug-likeness (QED) is 0.272. The van der Waals surface area contributed by atoms with E-state index in [-0.39, 0.29) is 19.1 Å². The molecule has 2 heterocycles. The summed E-state index contributed by atoms with van der Waals surface area (Å²) in [6.07, 6.45) is 8.83. The average Bonchev–Trinajstić information content (AvgIpc) is 2.95. The fourth-order valence-corrected chi connectivity index (χ4v) is 6.16. The number of benzene rings is 1. The van der Waals surface area contributed by atoms with Gasteiger partial charge in [-0.15, -0.1) is 6.42 Å². The number of piperidine rings is 1. The van der Waals surface area contributed by atoms with Gasteiger partial charge in [-0.25, -0.2) is 0 Å². The number of ether oxygens (including phenoxy) is 1. The molecule has 6 nitrogen and oxygen atoms in total. The monoisotopic (exact) mass is 650 g/mol. The summed E-state index contributed by atoms with van der Waals surface area (Å²) in [5.41, 5.74) is 0.777. The summed E-state index contributed by atoms with van der Waals surface area (Å²) in [5.74, 6) is 3.13. The molecular formula is C21H20I2N2O4S. The van der Waals surface area contributed by atoms with Crippen molar-refractivity contribution in [3.63, 3.8) is 0 Å². The Hall–Kier alpha value is -1.26. The van der Waals surface area contributed by atoms with Crippen molar-refractivity contribution < 1.29 is 19.1 Å². The number of rotatable bonds is 5. The fraction of sp³-hybridized carbons (Fsp3) is 0.381. The topological polar surface area (TPSA) is 66.9 Å². The molecule has 30 heavy (non-hydrogen) atoms. The van der Waals surface area contributed by atoms with Crippen LogP contribution >= 0.6 is 56.9 Å². The van der Waals surface area contributed by atoms with E-state index < -0.39 is 11.1 Å². The summed E-state index contributed by atoms with van der Waals surface area (Å²) < 4.78 is 7.27. The van der Waals surface area contributed by atoms with E-state index >= 15 is 0 Å². The van der Waals surface area contributed by atoms with E-state index in [0.29, 0.717) is 29.7 Å². The third kappa shape index (κ3) is 5.50. The Kier molecular flexibility index (Phi) is 8.09. The number of likely N-dealkylation sites (tertiary alicyclic amines) is 1. The largest absolute Gasteiger partial charge is 0.479 e. The molecule has 0 saturated carbocycles. The van der Waals surface area contributed by atoms with Crippen LogP contribution in [0, 0.1) is 25.4 Å². The first-order valence-corrected chi connectivity index (χ1v) is 12.4. The Morgan fingerprint density at radius 2 is 1.93 bits per heavy atom. The zero-order valence-electron chi connectivity index (χ0n) is 16.3. The number of terminal acetylenes is 1. The summed E-state index contributed by atoms with van der Waals surface area (Å²) in [6.45, 7) is 3.49. The normalized spacial score (nSPS) is 18.8. The van der Waals surface area contributed by atoms with Crippen LogP contribution in [0.4, 0.5) is 4.79 Å². The van der Waals surface area contributed by atoms with Crippen molar-refractivity contribution in [1.82, 2.24) is 9.80 Å². The van der Waals surface area contributed by atoms with Crippen LogP contribution in [0.1, 0.15) is 25.3 Å². The Balaban J connectivity index is 1.72. The van der Waals surface area contributed by atoms with Gasteiger partial charge in [-0.2, -0.15) is 0 Å². The van der Waals surface area contributed by atoms with Crippen LogP contribution in [0.25, 0.3) is 6.08 Å². The number of hydrogen-bond donors (Lipinski definition) is 0. The molecular weight excluding hydrogens is 630 g/mol. The lowest BCUT2D eigenvalue weighted by atomic mass is 9.99. The smallest absolute Gasteiger partial charge is 0.294 e. The molecule has 1 aromatic rings. The Morgan fingerprint density at radius 1 is 1.30 bits per heavy atom. The van der Waals surface area contributed by atoms with Gasteiger partial charge < -0.3 is 9.64 Å². The van der Waals surface area contributed by atoms with Gasteiger partial charge in [0.1, 0.15) is 18.9 Å². The highest BCUT2D eigenvalue weighted by Crippen LogP contribution is 2.35. The van der Waals surface area contributed by atoms with E-state index in [1.54, 1.807) is 11.0 Å².